The fourth-order valence-corrected chi connectivity index (χ4v) is 0.574. The van der Waals surface area contributed by atoms with Gasteiger partial charge in [-0.3, -0.25) is 0 Å². The van der Waals surface area contributed by atoms with Crippen LogP contribution in [0, 0.1) is 30.1 Å². The Balaban J connectivity index is 3.39. The normalized spacial score (nSPS) is 9.27. The summed E-state index contributed by atoms with van der Waals surface area (Å²) in [6.45, 7) is 0. The molecule has 0 unspecified atom stereocenters. The van der Waals surface area contributed by atoms with Gasteiger partial charge in [-0.05, 0) is 0 Å². The highest BCUT2D eigenvalue weighted by Crippen LogP contribution is 2.09. The first kappa shape index (κ1) is 7.61. The molecule has 0 aliphatic heterocycles. The lowest BCUT2D eigenvalue weighted by molar-refractivity contribution is 0.445. The van der Waals surface area contributed by atoms with Crippen molar-refractivity contribution < 1.29 is 13.2 Å². The van der Waals surface area contributed by atoms with Crippen molar-refractivity contribution >= 4 is 0 Å². The molecule has 0 aliphatic rings. The molecule has 0 aromatic carbocycles. The van der Waals surface area contributed by atoms with E-state index in [0.29, 0.717) is 6.07 Å². The minimum atomic E-state index is -1.52. The topological polar surface area (TPSA) is 12.9 Å². The van der Waals surface area contributed by atoms with Crippen LogP contribution in [-0.2, 0) is 0 Å². The second-order valence-corrected chi connectivity index (χ2v) is 1.74. The molecule has 0 amide bonds. The van der Waals surface area contributed by atoms with Crippen molar-refractivity contribution in [2.75, 3.05) is 0 Å². The number of terminal acetylenes is 1. The molecule has 1 aromatic heterocycles. The van der Waals surface area contributed by atoms with Crippen LogP contribution in [0.3, 0.4) is 0 Å². The van der Waals surface area contributed by atoms with E-state index in [1.807, 2.05) is 0 Å². The molecule has 1 heterocycles. The third-order valence-electron chi connectivity index (χ3n) is 1.04. The second kappa shape index (κ2) is 2.62. The zero-order valence-corrected chi connectivity index (χ0v) is 5.24. The molecule has 0 bridgehead atoms. The van der Waals surface area contributed by atoms with Gasteiger partial charge in [-0.25, -0.2) is 4.39 Å². The van der Waals surface area contributed by atoms with E-state index in [4.69, 9.17) is 6.42 Å². The van der Waals surface area contributed by atoms with Gasteiger partial charge in [0.15, 0.2) is 5.82 Å². The molecule has 1 aromatic rings. The summed E-state index contributed by atoms with van der Waals surface area (Å²) in [5, 5.41) is 0. The monoisotopic (exact) mass is 157 g/mol. The smallest absolute Gasteiger partial charge is 0.201 e. The zero-order valence-electron chi connectivity index (χ0n) is 5.24. The van der Waals surface area contributed by atoms with E-state index < -0.39 is 23.3 Å². The van der Waals surface area contributed by atoms with Crippen LogP contribution in [0.5, 0.6) is 0 Å². The summed E-state index contributed by atoms with van der Waals surface area (Å²) in [4.78, 5) is 2.58. The molecule has 0 saturated carbocycles. The summed E-state index contributed by atoms with van der Waals surface area (Å²) < 4.78 is 36.8. The van der Waals surface area contributed by atoms with Crippen molar-refractivity contribution in [3.05, 3.63) is 29.3 Å². The van der Waals surface area contributed by atoms with Crippen molar-refractivity contribution in [2.45, 2.75) is 0 Å². The zero-order chi connectivity index (χ0) is 8.43. The molecule has 11 heavy (non-hydrogen) atoms. The van der Waals surface area contributed by atoms with Crippen molar-refractivity contribution in [3.63, 3.8) is 0 Å². The Morgan fingerprint density at radius 3 is 2.55 bits per heavy atom. The van der Waals surface area contributed by atoms with Gasteiger partial charge in [0.05, 0.1) is 5.56 Å². The molecule has 0 radical (unpaired) electrons. The lowest BCUT2D eigenvalue weighted by atomic mass is 10.3. The van der Waals surface area contributed by atoms with Crippen molar-refractivity contribution in [1.29, 1.82) is 0 Å². The molecule has 0 saturated heterocycles. The van der Waals surface area contributed by atoms with E-state index in [-0.39, 0.29) is 0 Å². The number of hydrogen-bond donors (Lipinski definition) is 0. The Kier molecular flexibility index (Phi) is 1.81. The third-order valence-corrected chi connectivity index (χ3v) is 1.04. The highest BCUT2D eigenvalue weighted by molar-refractivity contribution is 5.31. The summed E-state index contributed by atoms with van der Waals surface area (Å²) in [6.07, 6.45) is 4.74. The average Bonchev–Trinajstić information content (AvgIpc) is 1.96. The van der Waals surface area contributed by atoms with Crippen molar-refractivity contribution in [2.24, 2.45) is 0 Å². The maximum atomic E-state index is 12.4. The fourth-order valence-electron chi connectivity index (χ4n) is 0.574. The van der Waals surface area contributed by atoms with Crippen molar-refractivity contribution in [1.82, 2.24) is 4.98 Å². The number of nitrogens with zero attached hydrogens (tertiary/aromatic N) is 1. The van der Waals surface area contributed by atoms with Gasteiger partial charge in [0.25, 0.3) is 5.95 Å². The van der Waals surface area contributed by atoms with Gasteiger partial charge < -0.3 is 0 Å². The van der Waals surface area contributed by atoms with Crippen molar-refractivity contribution in [3.8, 4) is 12.3 Å². The first-order valence-corrected chi connectivity index (χ1v) is 2.63. The highest BCUT2D eigenvalue weighted by atomic mass is 19.2. The first-order valence-electron chi connectivity index (χ1n) is 2.63. The standard InChI is InChI=1S/C7H2F3N/c1-2-4-3-5(8)11-7(10)6(4)9/h1,3H. The number of pyridine rings is 1. The molecule has 1 rings (SSSR count). The summed E-state index contributed by atoms with van der Waals surface area (Å²) in [5.41, 5.74) is -0.463. The van der Waals surface area contributed by atoms with Gasteiger partial charge in [-0.15, -0.1) is 6.42 Å². The Morgan fingerprint density at radius 1 is 1.36 bits per heavy atom. The van der Waals surface area contributed by atoms with E-state index in [2.05, 4.69) is 4.98 Å². The Morgan fingerprint density at radius 2 is 2.00 bits per heavy atom. The Labute approximate surface area is 60.9 Å². The molecule has 0 spiro atoms. The second-order valence-electron chi connectivity index (χ2n) is 1.74. The summed E-state index contributed by atoms with van der Waals surface area (Å²) in [5.74, 6) is -2.16. The van der Waals surface area contributed by atoms with Gasteiger partial charge in [-0.2, -0.15) is 13.8 Å². The van der Waals surface area contributed by atoms with Crippen LogP contribution >= 0.6 is 0 Å². The lowest BCUT2D eigenvalue weighted by Gasteiger charge is -1.94. The van der Waals surface area contributed by atoms with Crippen LogP contribution in [0.2, 0.25) is 0 Å². The molecular formula is C7H2F3N. The van der Waals surface area contributed by atoms with Crippen LogP contribution in [0.1, 0.15) is 5.56 Å². The molecule has 0 atom stereocenters. The molecular weight excluding hydrogens is 155 g/mol. The van der Waals surface area contributed by atoms with Gasteiger partial charge in [-0.1, -0.05) is 5.92 Å². The molecule has 4 heteroatoms. The summed E-state index contributed by atoms with van der Waals surface area (Å²) in [7, 11) is 0. The van der Waals surface area contributed by atoms with Gasteiger partial charge >= 0.3 is 0 Å². The SMILES string of the molecule is C#Cc1cc(F)nc(F)c1F. The van der Waals surface area contributed by atoms with E-state index in [1.54, 1.807) is 5.92 Å². The quantitative estimate of drug-likeness (QED) is 0.410. The number of halogens is 3. The average molecular weight is 157 g/mol. The predicted octanol–water partition coefficient (Wildman–Crippen LogP) is 1.48. The largest absolute Gasteiger partial charge is 0.252 e. The first-order chi connectivity index (χ1) is 5.15. The molecule has 1 nitrogen and oxygen atoms in total. The number of rotatable bonds is 0. The van der Waals surface area contributed by atoms with E-state index in [9.17, 15) is 13.2 Å². The van der Waals surface area contributed by atoms with Gasteiger partial charge in [0.2, 0.25) is 5.95 Å². The molecule has 56 valence electrons. The third kappa shape index (κ3) is 1.32. The van der Waals surface area contributed by atoms with Crippen LogP contribution in [-0.4, -0.2) is 4.98 Å². The number of hydrogen-bond acceptors (Lipinski definition) is 1. The summed E-state index contributed by atoms with van der Waals surface area (Å²) >= 11 is 0. The maximum Gasteiger partial charge on any atom is 0.252 e. The highest BCUT2D eigenvalue weighted by Gasteiger charge is 2.09. The predicted molar refractivity (Wildman–Crippen MR) is 32.0 cm³/mol. The van der Waals surface area contributed by atoms with E-state index in [1.165, 1.54) is 0 Å². The van der Waals surface area contributed by atoms with Gasteiger partial charge in [0.1, 0.15) is 0 Å². The minimum absolute atomic E-state index is 0.463. The molecule has 0 fully saturated rings. The molecule has 0 aliphatic carbocycles. The minimum Gasteiger partial charge on any atom is -0.201 e. The van der Waals surface area contributed by atoms with Crippen LogP contribution in [0.15, 0.2) is 6.07 Å². The van der Waals surface area contributed by atoms with Crippen LogP contribution in [0.4, 0.5) is 13.2 Å². The molecule has 0 N–H and O–H groups in total. The fraction of sp³-hybridized carbons (Fsp3) is 0. The summed E-state index contributed by atoms with van der Waals surface area (Å²) in [6, 6.07) is 0.651. The van der Waals surface area contributed by atoms with E-state index in [0.717, 1.165) is 0 Å². The van der Waals surface area contributed by atoms with Crippen LogP contribution < -0.4 is 0 Å². The Bertz CT molecular complexity index is 327. The van der Waals surface area contributed by atoms with Gasteiger partial charge in [0, 0.05) is 6.07 Å². The Hall–Kier alpha value is -1.50. The maximum absolute atomic E-state index is 12.4. The van der Waals surface area contributed by atoms with Crippen LogP contribution in [0.25, 0.3) is 0 Å². The van der Waals surface area contributed by atoms with E-state index >= 15 is 0 Å². The lowest BCUT2D eigenvalue weighted by Crippen LogP contribution is -1.96. The number of aromatic nitrogens is 1.